The molecule has 126 valence electrons. The van der Waals surface area contributed by atoms with E-state index in [0.717, 1.165) is 17.7 Å². The van der Waals surface area contributed by atoms with Crippen LogP contribution in [0.25, 0.3) is 6.08 Å². The standard InChI is InChI=1S/C18H19NO4S/c1-13-8-9-14(23-13)10-11-18(20)19-12-4-5-15-16(19)6-3-7-17(15)24(2,21)22/h3,6-11H,4-5,12H2,1-2H3/b11-10+. The van der Waals surface area contributed by atoms with Crippen molar-refractivity contribution >= 4 is 27.5 Å². The van der Waals surface area contributed by atoms with Gasteiger partial charge >= 0.3 is 0 Å². The number of fused-ring (bicyclic) bond motifs is 1. The smallest absolute Gasteiger partial charge is 0.251 e. The maximum absolute atomic E-state index is 12.5. The van der Waals surface area contributed by atoms with Gasteiger partial charge in [-0.2, -0.15) is 0 Å². The first-order valence-corrected chi connectivity index (χ1v) is 9.63. The Balaban J connectivity index is 1.92. The zero-order valence-electron chi connectivity index (χ0n) is 13.7. The van der Waals surface area contributed by atoms with E-state index in [0.29, 0.717) is 29.3 Å². The van der Waals surface area contributed by atoms with Crippen molar-refractivity contribution in [2.45, 2.75) is 24.7 Å². The van der Waals surface area contributed by atoms with Crippen LogP contribution in [0.5, 0.6) is 0 Å². The van der Waals surface area contributed by atoms with Gasteiger partial charge in [-0.25, -0.2) is 8.42 Å². The minimum atomic E-state index is -3.32. The number of sulfone groups is 1. The molecule has 1 aromatic heterocycles. The lowest BCUT2D eigenvalue weighted by Crippen LogP contribution is -2.34. The number of carbonyl (C=O) groups excluding carboxylic acids is 1. The molecule has 0 spiro atoms. The van der Waals surface area contributed by atoms with Crippen molar-refractivity contribution in [2.24, 2.45) is 0 Å². The van der Waals surface area contributed by atoms with Gasteiger partial charge in [-0.05, 0) is 55.7 Å². The zero-order valence-corrected chi connectivity index (χ0v) is 14.5. The highest BCUT2D eigenvalue weighted by molar-refractivity contribution is 7.90. The van der Waals surface area contributed by atoms with Crippen LogP contribution in [0.2, 0.25) is 0 Å². The Labute approximate surface area is 141 Å². The maximum atomic E-state index is 12.5. The van der Waals surface area contributed by atoms with Crippen molar-refractivity contribution < 1.29 is 17.6 Å². The molecule has 1 aliphatic heterocycles. The van der Waals surface area contributed by atoms with Crippen LogP contribution in [0.15, 0.2) is 45.7 Å². The summed E-state index contributed by atoms with van der Waals surface area (Å²) in [6.07, 6.45) is 5.68. The molecule has 6 heteroatoms. The van der Waals surface area contributed by atoms with E-state index in [9.17, 15) is 13.2 Å². The van der Waals surface area contributed by atoms with Crippen molar-refractivity contribution in [3.05, 3.63) is 53.5 Å². The van der Waals surface area contributed by atoms with E-state index >= 15 is 0 Å². The molecule has 0 saturated heterocycles. The third-order valence-corrected chi connectivity index (χ3v) is 5.21. The highest BCUT2D eigenvalue weighted by atomic mass is 32.2. The number of anilines is 1. The van der Waals surface area contributed by atoms with E-state index < -0.39 is 9.84 Å². The summed E-state index contributed by atoms with van der Waals surface area (Å²) in [5, 5.41) is 0. The highest BCUT2D eigenvalue weighted by Gasteiger charge is 2.25. The summed E-state index contributed by atoms with van der Waals surface area (Å²) in [7, 11) is -3.32. The summed E-state index contributed by atoms with van der Waals surface area (Å²) >= 11 is 0. The number of furan rings is 1. The van der Waals surface area contributed by atoms with Gasteiger partial charge in [-0.1, -0.05) is 6.07 Å². The number of aryl methyl sites for hydroxylation is 1. The van der Waals surface area contributed by atoms with Crippen LogP contribution in [0.1, 0.15) is 23.5 Å². The first kappa shape index (κ1) is 16.5. The molecule has 0 aliphatic carbocycles. The van der Waals surface area contributed by atoms with E-state index in [2.05, 4.69) is 0 Å². The van der Waals surface area contributed by atoms with E-state index in [1.54, 1.807) is 35.2 Å². The van der Waals surface area contributed by atoms with Crippen LogP contribution >= 0.6 is 0 Å². The lowest BCUT2D eigenvalue weighted by atomic mass is 10.0. The quantitative estimate of drug-likeness (QED) is 0.802. The number of amides is 1. The predicted octanol–water partition coefficient (Wildman–Crippen LogP) is 2.98. The Morgan fingerprint density at radius 1 is 1.25 bits per heavy atom. The average molecular weight is 345 g/mol. The predicted molar refractivity (Wildman–Crippen MR) is 92.7 cm³/mol. The molecule has 3 rings (SSSR count). The zero-order chi connectivity index (χ0) is 17.3. The van der Waals surface area contributed by atoms with Crippen LogP contribution in [0.3, 0.4) is 0 Å². The van der Waals surface area contributed by atoms with Crippen LogP contribution in [0, 0.1) is 6.92 Å². The second kappa shape index (κ2) is 6.28. The van der Waals surface area contributed by atoms with E-state index in [1.165, 1.54) is 12.3 Å². The lowest BCUT2D eigenvalue weighted by molar-refractivity contribution is -0.114. The van der Waals surface area contributed by atoms with Crippen molar-refractivity contribution in [1.82, 2.24) is 0 Å². The molecule has 0 N–H and O–H groups in total. The molecule has 24 heavy (non-hydrogen) atoms. The normalized spacial score (nSPS) is 14.8. The maximum Gasteiger partial charge on any atom is 0.251 e. The summed E-state index contributed by atoms with van der Waals surface area (Å²) < 4.78 is 29.3. The van der Waals surface area contributed by atoms with Crippen molar-refractivity contribution in [3.8, 4) is 0 Å². The fraction of sp³-hybridized carbons (Fsp3) is 0.278. The van der Waals surface area contributed by atoms with Crippen LogP contribution < -0.4 is 4.90 Å². The van der Waals surface area contributed by atoms with Crippen LogP contribution in [-0.4, -0.2) is 27.1 Å². The summed E-state index contributed by atoms with van der Waals surface area (Å²) in [5.74, 6) is 1.21. The number of benzene rings is 1. The third kappa shape index (κ3) is 3.28. The third-order valence-electron chi connectivity index (χ3n) is 4.02. The lowest BCUT2D eigenvalue weighted by Gasteiger charge is -2.29. The molecular formula is C18H19NO4S. The molecule has 1 aromatic carbocycles. The van der Waals surface area contributed by atoms with E-state index in [-0.39, 0.29) is 5.91 Å². The van der Waals surface area contributed by atoms with Gasteiger partial charge in [0, 0.05) is 24.6 Å². The molecule has 2 heterocycles. The van der Waals surface area contributed by atoms with Crippen LogP contribution in [0.4, 0.5) is 5.69 Å². The highest BCUT2D eigenvalue weighted by Crippen LogP contribution is 2.32. The van der Waals surface area contributed by atoms with Gasteiger partial charge in [0.15, 0.2) is 9.84 Å². The Hall–Kier alpha value is -2.34. The first-order valence-electron chi connectivity index (χ1n) is 7.74. The second-order valence-corrected chi connectivity index (χ2v) is 7.89. The molecule has 0 radical (unpaired) electrons. The summed E-state index contributed by atoms with van der Waals surface area (Å²) in [4.78, 5) is 14.5. The molecule has 0 bridgehead atoms. The van der Waals surface area contributed by atoms with Gasteiger partial charge in [0.2, 0.25) is 0 Å². The van der Waals surface area contributed by atoms with Crippen molar-refractivity contribution in [3.63, 3.8) is 0 Å². The Morgan fingerprint density at radius 2 is 2.04 bits per heavy atom. The average Bonchev–Trinajstić information content (AvgIpc) is 2.96. The van der Waals surface area contributed by atoms with Gasteiger partial charge < -0.3 is 9.32 Å². The van der Waals surface area contributed by atoms with Crippen LogP contribution in [-0.2, 0) is 21.1 Å². The number of hydrogen-bond acceptors (Lipinski definition) is 4. The fourth-order valence-electron chi connectivity index (χ4n) is 2.96. The molecule has 0 saturated carbocycles. The molecule has 2 aromatic rings. The van der Waals surface area contributed by atoms with Gasteiger partial charge in [-0.3, -0.25) is 4.79 Å². The summed E-state index contributed by atoms with van der Waals surface area (Å²) in [6.45, 7) is 2.41. The van der Waals surface area contributed by atoms with Gasteiger partial charge in [0.1, 0.15) is 11.5 Å². The first-order chi connectivity index (χ1) is 11.4. The summed E-state index contributed by atoms with van der Waals surface area (Å²) in [5.41, 5.74) is 1.40. The monoisotopic (exact) mass is 345 g/mol. The molecule has 0 unspecified atom stereocenters. The van der Waals surface area contributed by atoms with Crippen molar-refractivity contribution in [2.75, 3.05) is 17.7 Å². The van der Waals surface area contributed by atoms with Gasteiger partial charge in [0.05, 0.1) is 4.90 Å². The molecule has 0 atom stereocenters. The Bertz CT molecular complexity index is 909. The minimum absolute atomic E-state index is 0.185. The Morgan fingerprint density at radius 3 is 2.71 bits per heavy atom. The SMILES string of the molecule is Cc1ccc(/C=C/C(=O)N2CCCc3c2cccc3S(C)(=O)=O)o1. The number of hydrogen-bond donors (Lipinski definition) is 0. The number of nitrogens with zero attached hydrogens (tertiary/aromatic N) is 1. The fourth-order valence-corrected chi connectivity index (χ4v) is 3.94. The minimum Gasteiger partial charge on any atom is -0.462 e. The van der Waals surface area contributed by atoms with E-state index in [4.69, 9.17) is 4.42 Å². The largest absolute Gasteiger partial charge is 0.462 e. The topological polar surface area (TPSA) is 67.6 Å². The van der Waals surface area contributed by atoms with Gasteiger partial charge in [0.25, 0.3) is 5.91 Å². The number of rotatable bonds is 3. The number of carbonyl (C=O) groups is 1. The molecule has 1 amide bonds. The Kier molecular flexibility index (Phi) is 4.32. The second-order valence-electron chi connectivity index (χ2n) is 5.90. The van der Waals surface area contributed by atoms with E-state index in [1.807, 2.05) is 13.0 Å². The van der Waals surface area contributed by atoms with Gasteiger partial charge in [-0.15, -0.1) is 0 Å². The molecular weight excluding hydrogens is 326 g/mol. The molecule has 1 aliphatic rings. The molecule has 5 nitrogen and oxygen atoms in total. The molecule has 0 fully saturated rings. The summed E-state index contributed by atoms with van der Waals surface area (Å²) in [6, 6.07) is 8.71. The van der Waals surface area contributed by atoms with Crippen molar-refractivity contribution in [1.29, 1.82) is 0 Å².